The second-order valence-electron chi connectivity index (χ2n) is 4.23. The van der Waals surface area contributed by atoms with Crippen molar-refractivity contribution in [2.75, 3.05) is 7.05 Å². The molecule has 1 saturated carbocycles. The number of carbonyl (C=O) groups is 1. The Balaban J connectivity index is 2.30. The lowest BCUT2D eigenvalue weighted by atomic mass is 9.90. The first-order valence-corrected chi connectivity index (χ1v) is 5.26. The van der Waals surface area contributed by atoms with Crippen molar-refractivity contribution in [2.45, 2.75) is 18.9 Å². The number of nitrogens with one attached hydrogen (secondary N) is 1. The normalized spacial score (nSPS) is 19.1. The molecule has 16 heavy (non-hydrogen) atoms. The maximum absolute atomic E-state index is 12.8. The van der Waals surface area contributed by atoms with Crippen LogP contribution in [0.5, 0.6) is 0 Å². The van der Waals surface area contributed by atoms with Gasteiger partial charge >= 0.3 is 5.97 Å². The summed E-state index contributed by atoms with van der Waals surface area (Å²) in [5.41, 5.74) is 0.121. The average Bonchev–Trinajstić information content (AvgIpc) is 3.03. The highest BCUT2D eigenvalue weighted by Gasteiger charge is 2.56. The van der Waals surface area contributed by atoms with Gasteiger partial charge in [0.05, 0.1) is 5.41 Å². The molecule has 0 amide bonds. The molecule has 0 aromatic heterocycles. The first-order valence-electron chi connectivity index (χ1n) is 5.26. The summed E-state index contributed by atoms with van der Waals surface area (Å²) in [4.78, 5) is 11.2. The number of carboxylic acids is 1. The lowest BCUT2D eigenvalue weighted by Crippen LogP contribution is -2.32. The molecule has 0 heterocycles. The zero-order chi connectivity index (χ0) is 11.8. The van der Waals surface area contributed by atoms with Crippen LogP contribution in [0.1, 0.15) is 24.4 Å². The fourth-order valence-corrected chi connectivity index (χ4v) is 2.18. The van der Waals surface area contributed by atoms with Crippen molar-refractivity contribution in [2.24, 2.45) is 5.41 Å². The first-order chi connectivity index (χ1) is 7.60. The van der Waals surface area contributed by atoms with Crippen LogP contribution >= 0.6 is 0 Å². The smallest absolute Gasteiger partial charge is 0.311 e. The van der Waals surface area contributed by atoms with E-state index >= 15 is 0 Å². The maximum atomic E-state index is 12.8. The van der Waals surface area contributed by atoms with Crippen LogP contribution in [-0.2, 0) is 4.79 Å². The molecule has 1 aromatic rings. The Bertz CT molecular complexity index is 398. The van der Waals surface area contributed by atoms with Crippen molar-refractivity contribution in [3.63, 3.8) is 0 Å². The van der Waals surface area contributed by atoms with Gasteiger partial charge in [-0.25, -0.2) is 4.39 Å². The molecule has 1 atom stereocenters. The summed E-state index contributed by atoms with van der Waals surface area (Å²) in [7, 11) is 1.73. The van der Waals surface area contributed by atoms with Crippen LogP contribution in [0.25, 0.3) is 0 Å². The van der Waals surface area contributed by atoms with E-state index in [1.807, 2.05) is 0 Å². The van der Waals surface area contributed by atoms with Crippen LogP contribution in [0.2, 0.25) is 0 Å². The fourth-order valence-electron chi connectivity index (χ4n) is 2.18. The van der Waals surface area contributed by atoms with Crippen molar-refractivity contribution < 1.29 is 14.3 Å². The Hall–Kier alpha value is -1.42. The number of hydrogen-bond donors (Lipinski definition) is 2. The van der Waals surface area contributed by atoms with Crippen molar-refractivity contribution in [3.05, 3.63) is 35.6 Å². The minimum atomic E-state index is -0.781. The van der Waals surface area contributed by atoms with Crippen LogP contribution in [0.3, 0.4) is 0 Å². The van der Waals surface area contributed by atoms with E-state index in [1.54, 1.807) is 19.2 Å². The van der Waals surface area contributed by atoms with Crippen LogP contribution < -0.4 is 5.32 Å². The highest BCUT2D eigenvalue weighted by Crippen LogP contribution is 2.54. The number of carboxylic acid groups (broad SMARTS) is 1. The third-order valence-corrected chi connectivity index (χ3v) is 3.26. The average molecular weight is 223 g/mol. The van der Waals surface area contributed by atoms with Crippen molar-refractivity contribution >= 4 is 5.97 Å². The molecule has 1 aliphatic carbocycles. The molecule has 0 spiro atoms. The molecule has 1 unspecified atom stereocenters. The monoisotopic (exact) mass is 223 g/mol. The number of hydrogen-bond acceptors (Lipinski definition) is 2. The molecule has 4 heteroatoms. The zero-order valence-corrected chi connectivity index (χ0v) is 9.03. The third-order valence-electron chi connectivity index (χ3n) is 3.26. The lowest BCUT2D eigenvalue weighted by Gasteiger charge is -2.23. The molecule has 0 aliphatic heterocycles. The van der Waals surface area contributed by atoms with Gasteiger partial charge < -0.3 is 10.4 Å². The minimum Gasteiger partial charge on any atom is -0.481 e. The van der Waals surface area contributed by atoms with Gasteiger partial charge in [-0.05, 0) is 37.6 Å². The van der Waals surface area contributed by atoms with Crippen LogP contribution in [-0.4, -0.2) is 18.1 Å². The number of rotatable bonds is 4. The van der Waals surface area contributed by atoms with Crippen LogP contribution in [0.15, 0.2) is 24.3 Å². The Morgan fingerprint density at radius 1 is 1.44 bits per heavy atom. The molecule has 2 N–H and O–H groups in total. The second kappa shape index (κ2) is 3.87. The summed E-state index contributed by atoms with van der Waals surface area (Å²) in [5, 5.41) is 12.2. The van der Waals surface area contributed by atoms with E-state index in [2.05, 4.69) is 5.32 Å². The van der Waals surface area contributed by atoms with Gasteiger partial charge in [0.25, 0.3) is 0 Å². The summed E-state index contributed by atoms with van der Waals surface area (Å²) < 4.78 is 12.8. The van der Waals surface area contributed by atoms with Crippen molar-refractivity contribution in [3.8, 4) is 0 Å². The number of halogens is 1. The Labute approximate surface area is 93.3 Å². The lowest BCUT2D eigenvalue weighted by molar-refractivity contribution is -0.144. The van der Waals surface area contributed by atoms with Gasteiger partial charge in [-0.1, -0.05) is 12.1 Å². The summed E-state index contributed by atoms with van der Waals surface area (Å²) >= 11 is 0. The third kappa shape index (κ3) is 1.69. The Morgan fingerprint density at radius 3 is 2.38 bits per heavy atom. The van der Waals surface area contributed by atoms with Crippen molar-refractivity contribution in [1.82, 2.24) is 5.32 Å². The number of benzene rings is 1. The molecule has 1 aromatic carbocycles. The quantitative estimate of drug-likeness (QED) is 0.820. The van der Waals surface area contributed by atoms with Gasteiger partial charge in [-0.15, -0.1) is 0 Å². The molecular formula is C12H14FNO2. The molecule has 3 nitrogen and oxygen atoms in total. The van der Waals surface area contributed by atoms with Gasteiger partial charge in [0.1, 0.15) is 5.82 Å². The van der Waals surface area contributed by atoms with Gasteiger partial charge in [-0.3, -0.25) is 4.79 Å². The van der Waals surface area contributed by atoms with Gasteiger partial charge in [-0.2, -0.15) is 0 Å². The molecule has 0 bridgehead atoms. The van der Waals surface area contributed by atoms with Gasteiger partial charge in [0.15, 0.2) is 0 Å². The predicted molar refractivity (Wildman–Crippen MR) is 57.5 cm³/mol. The molecule has 86 valence electrons. The molecule has 1 fully saturated rings. The Morgan fingerprint density at radius 2 is 2.00 bits per heavy atom. The summed E-state index contributed by atoms with van der Waals surface area (Å²) in [6.45, 7) is 0. The number of aliphatic carboxylic acids is 1. The molecule has 1 aliphatic rings. The molecule has 2 rings (SSSR count). The van der Waals surface area contributed by atoms with E-state index in [4.69, 9.17) is 0 Å². The highest BCUT2D eigenvalue weighted by molar-refractivity contribution is 5.79. The van der Waals surface area contributed by atoms with E-state index in [9.17, 15) is 14.3 Å². The van der Waals surface area contributed by atoms with E-state index in [-0.39, 0.29) is 11.9 Å². The van der Waals surface area contributed by atoms with Crippen LogP contribution in [0, 0.1) is 11.2 Å². The summed E-state index contributed by atoms with van der Waals surface area (Å²) in [5.74, 6) is -1.09. The summed E-state index contributed by atoms with van der Waals surface area (Å²) in [6.07, 6.45) is 1.34. The van der Waals surface area contributed by atoms with Crippen molar-refractivity contribution in [1.29, 1.82) is 0 Å². The molecule has 0 saturated heterocycles. The van der Waals surface area contributed by atoms with E-state index in [1.165, 1.54) is 12.1 Å². The van der Waals surface area contributed by atoms with Gasteiger partial charge in [0, 0.05) is 6.04 Å². The first kappa shape index (κ1) is 11.1. The van der Waals surface area contributed by atoms with Crippen LogP contribution in [0.4, 0.5) is 4.39 Å². The topological polar surface area (TPSA) is 49.3 Å². The molecule has 0 radical (unpaired) electrons. The Kier molecular flexibility index (Phi) is 2.68. The predicted octanol–water partition coefficient (Wildman–Crippen LogP) is 1.95. The van der Waals surface area contributed by atoms with Gasteiger partial charge in [0.2, 0.25) is 0 Å². The highest BCUT2D eigenvalue weighted by atomic mass is 19.1. The second-order valence-corrected chi connectivity index (χ2v) is 4.23. The minimum absolute atomic E-state index is 0.245. The maximum Gasteiger partial charge on any atom is 0.311 e. The molecular weight excluding hydrogens is 209 g/mol. The summed E-state index contributed by atoms with van der Waals surface area (Å²) in [6, 6.07) is 5.75. The van der Waals surface area contributed by atoms with E-state index in [0.29, 0.717) is 12.8 Å². The van der Waals surface area contributed by atoms with E-state index in [0.717, 1.165) is 5.56 Å². The zero-order valence-electron chi connectivity index (χ0n) is 9.03. The SMILES string of the molecule is CNC(c1ccc(F)cc1)C1(C(=O)O)CC1. The van der Waals surface area contributed by atoms with E-state index < -0.39 is 11.4 Å². The standard InChI is InChI=1S/C12H14FNO2/c1-14-10(12(6-7-12)11(15)16)8-2-4-9(13)5-3-8/h2-5,10,14H,6-7H2,1H3,(H,15,16). The fraction of sp³-hybridized carbons (Fsp3) is 0.417. The largest absolute Gasteiger partial charge is 0.481 e.